The van der Waals surface area contributed by atoms with Crippen molar-refractivity contribution in [2.24, 2.45) is 0 Å². The third kappa shape index (κ3) is 3.45. The molecule has 0 saturated carbocycles. The second-order valence-corrected chi connectivity index (χ2v) is 6.03. The van der Waals surface area contributed by atoms with Gasteiger partial charge in [0.1, 0.15) is 11.6 Å². The van der Waals surface area contributed by atoms with Crippen LogP contribution < -0.4 is 5.56 Å². The summed E-state index contributed by atoms with van der Waals surface area (Å²) in [5.41, 5.74) is 0.891. The molecule has 0 bridgehead atoms. The van der Waals surface area contributed by atoms with Crippen molar-refractivity contribution in [3.05, 3.63) is 52.1 Å². The molecule has 1 aliphatic rings. The van der Waals surface area contributed by atoms with Gasteiger partial charge in [-0.2, -0.15) is 0 Å². The molecule has 118 valence electrons. The summed E-state index contributed by atoms with van der Waals surface area (Å²) in [6.07, 6.45) is 2.64. The van der Waals surface area contributed by atoms with E-state index >= 15 is 0 Å². The summed E-state index contributed by atoms with van der Waals surface area (Å²) in [6.45, 7) is 3.78. The number of hydrogen-bond acceptors (Lipinski definition) is 5. The molecule has 6 heteroatoms. The first-order valence-corrected chi connectivity index (χ1v) is 7.61. The lowest BCUT2D eigenvalue weighted by Crippen LogP contribution is -2.28. The minimum Gasteiger partial charge on any atom is -0.468 e. The molecule has 0 aliphatic carbocycles. The van der Waals surface area contributed by atoms with Crippen LogP contribution in [0.15, 0.2) is 33.7 Å². The average molecular weight is 302 g/mol. The van der Waals surface area contributed by atoms with Crippen molar-refractivity contribution in [1.29, 1.82) is 0 Å². The number of aromatic nitrogens is 2. The molecule has 0 spiro atoms. The Morgan fingerprint density at radius 1 is 1.36 bits per heavy atom. The van der Waals surface area contributed by atoms with Gasteiger partial charge in [0.05, 0.1) is 25.0 Å². The Morgan fingerprint density at radius 3 is 2.95 bits per heavy atom. The van der Waals surface area contributed by atoms with Gasteiger partial charge in [0.25, 0.3) is 5.56 Å². The molecule has 2 aromatic rings. The summed E-state index contributed by atoms with van der Waals surface area (Å²) in [5.74, 6) is 1.80. The average Bonchev–Trinajstić information content (AvgIpc) is 2.85. The van der Waals surface area contributed by atoms with Gasteiger partial charge in [-0.1, -0.05) is 0 Å². The smallest absolute Gasteiger partial charge is 0.253 e. The van der Waals surface area contributed by atoms with Gasteiger partial charge in [-0.15, -0.1) is 0 Å². The lowest BCUT2D eigenvalue weighted by molar-refractivity contribution is 0.236. The van der Waals surface area contributed by atoms with Crippen LogP contribution in [0.2, 0.25) is 0 Å². The van der Waals surface area contributed by atoms with E-state index in [0.717, 1.165) is 43.3 Å². The maximum Gasteiger partial charge on any atom is 0.253 e. The first kappa shape index (κ1) is 15.0. The largest absolute Gasteiger partial charge is 0.468 e. The van der Waals surface area contributed by atoms with Gasteiger partial charge in [0.15, 0.2) is 0 Å². The van der Waals surface area contributed by atoms with E-state index in [-0.39, 0.29) is 5.56 Å². The minimum atomic E-state index is 0.0571. The maximum atomic E-state index is 12.3. The summed E-state index contributed by atoms with van der Waals surface area (Å²) >= 11 is 0. The number of fused-ring (bicyclic) bond motifs is 1. The van der Waals surface area contributed by atoms with E-state index in [1.165, 1.54) is 0 Å². The number of hydrogen-bond donors (Lipinski definition) is 0. The zero-order valence-corrected chi connectivity index (χ0v) is 13.2. The molecule has 0 unspecified atom stereocenters. The minimum absolute atomic E-state index is 0.0571. The van der Waals surface area contributed by atoms with Crippen molar-refractivity contribution >= 4 is 0 Å². The van der Waals surface area contributed by atoms with Crippen LogP contribution in [0.1, 0.15) is 23.7 Å². The number of rotatable bonds is 4. The number of furan rings is 1. The van der Waals surface area contributed by atoms with E-state index in [0.29, 0.717) is 13.1 Å². The second-order valence-electron chi connectivity index (χ2n) is 6.03. The lowest BCUT2D eigenvalue weighted by atomic mass is 10.3. The normalized spacial score (nSPS) is 15.8. The molecule has 3 heterocycles. The predicted octanol–water partition coefficient (Wildman–Crippen LogP) is 1.30. The fourth-order valence-electron chi connectivity index (χ4n) is 2.86. The first-order chi connectivity index (χ1) is 10.6. The molecular weight excluding hydrogens is 280 g/mol. The standard InChI is InChI=1S/C16H22N4O2/c1-18(2)10-13-9-16(21)20-7-4-6-19(12-15(20)17-13)11-14-5-3-8-22-14/h3,5,8-9H,4,6-7,10-12H2,1-2H3. The zero-order valence-electron chi connectivity index (χ0n) is 13.2. The van der Waals surface area contributed by atoms with Gasteiger partial charge < -0.3 is 9.32 Å². The Labute approximate surface area is 130 Å². The summed E-state index contributed by atoms with van der Waals surface area (Å²) in [5, 5.41) is 0. The molecule has 1 aliphatic heterocycles. The van der Waals surface area contributed by atoms with Gasteiger partial charge >= 0.3 is 0 Å². The third-order valence-electron chi connectivity index (χ3n) is 3.80. The highest BCUT2D eigenvalue weighted by Gasteiger charge is 2.18. The number of nitrogens with zero attached hydrogens (tertiary/aromatic N) is 4. The van der Waals surface area contributed by atoms with Crippen LogP contribution in [0.25, 0.3) is 0 Å². The Balaban J connectivity index is 1.84. The third-order valence-corrected chi connectivity index (χ3v) is 3.80. The molecule has 2 aromatic heterocycles. The SMILES string of the molecule is CN(C)Cc1cc(=O)n2c(n1)CN(Cc1ccco1)CCC2. The van der Waals surface area contributed by atoms with Gasteiger partial charge in [-0.25, -0.2) is 4.98 Å². The second kappa shape index (κ2) is 6.46. The molecule has 0 radical (unpaired) electrons. The van der Waals surface area contributed by atoms with Crippen LogP contribution in [0, 0.1) is 0 Å². The van der Waals surface area contributed by atoms with E-state index in [9.17, 15) is 4.79 Å². The van der Waals surface area contributed by atoms with Gasteiger partial charge in [-0.05, 0) is 32.6 Å². The van der Waals surface area contributed by atoms with Crippen LogP contribution >= 0.6 is 0 Å². The maximum absolute atomic E-state index is 12.3. The van der Waals surface area contributed by atoms with E-state index in [2.05, 4.69) is 4.90 Å². The molecular formula is C16H22N4O2. The fourth-order valence-corrected chi connectivity index (χ4v) is 2.86. The molecule has 3 rings (SSSR count). The quantitative estimate of drug-likeness (QED) is 0.852. The van der Waals surface area contributed by atoms with Crippen molar-refractivity contribution in [2.45, 2.75) is 32.6 Å². The Morgan fingerprint density at radius 2 is 2.23 bits per heavy atom. The summed E-state index contributed by atoms with van der Waals surface area (Å²) in [6, 6.07) is 5.54. The Hall–Kier alpha value is -1.92. The lowest BCUT2D eigenvalue weighted by Gasteiger charge is -2.18. The van der Waals surface area contributed by atoms with Crippen LogP contribution in [0.3, 0.4) is 0 Å². The molecule has 0 fully saturated rings. The molecule has 0 atom stereocenters. The van der Waals surface area contributed by atoms with E-state index in [1.54, 1.807) is 16.9 Å². The summed E-state index contributed by atoms with van der Waals surface area (Å²) < 4.78 is 7.23. The molecule has 0 amide bonds. The zero-order chi connectivity index (χ0) is 15.5. The molecule has 0 N–H and O–H groups in total. The topological polar surface area (TPSA) is 54.5 Å². The van der Waals surface area contributed by atoms with Crippen molar-refractivity contribution in [2.75, 3.05) is 20.6 Å². The Kier molecular flexibility index (Phi) is 4.40. The highest BCUT2D eigenvalue weighted by molar-refractivity contribution is 5.06. The molecule has 0 saturated heterocycles. The predicted molar refractivity (Wildman–Crippen MR) is 83.3 cm³/mol. The van der Waals surface area contributed by atoms with E-state index in [1.807, 2.05) is 31.1 Å². The van der Waals surface area contributed by atoms with Crippen LogP contribution in [-0.4, -0.2) is 40.0 Å². The fraction of sp³-hybridized carbons (Fsp3) is 0.500. The van der Waals surface area contributed by atoms with Crippen LogP contribution in [0.4, 0.5) is 0 Å². The summed E-state index contributed by atoms with van der Waals surface area (Å²) in [7, 11) is 3.96. The van der Waals surface area contributed by atoms with Crippen LogP contribution in [-0.2, 0) is 26.2 Å². The monoisotopic (exact) mass is 302 g/mol. The van der Waals surface area contributed by atoms with Crippen LogP contribution in [0.5, 0.6) is 0 Å². The molecule has 6 nitrogen and oxygen atoms in total. The van der Waals surface area contributed by atoms with Crippen molar-refractivity contribution in [3.63, 3.8) is 0 Å². The van der Waals surface area contributed by atoms with Gasteiger partial charge in [-0.3, -0.25) is 14.3 Å². The van der Waals surface area contributed by atoms with Gasteiger partial charge in [0, 0.05) is 25.7 Å². The van der Waals surface area contributed by atoms with Crippen molar-refractivity contribution in [3.8, 4) is 0 Å². The molecule has 0 aromatic carbocycles. The Bertz CT molecular complexity index is 676. The molecule has 22 heavy (non-hydrogen) atoms. The highest BCUT2D eigenvalue weighted by Crippen LogP contribution is 2.13. The summed E-state index contributed by atoms with van der Waals surface area (Å²) in [4.78, 5) is 21.3. The highest BCUT2D eigenvalue weighted by atomic mass is 16.3. The van der Waals surface area contributed by atoms with Crippen molar-refractivity contribution in [1.82, 2.24) is 19.4 Å². The van der Waals surface area contributed by atoms with Crippen molar-refractivity contribution < 1.29 is 4.42 Å². The first-order valence-electron chi connectivity index (χ1n) is 7.61. The van der Waals surface area contributed by atoms with E-state index < -0.39 is 0 Å². The van der Waals surface area contributed by atoms with E-state index in [4.69, 9.17) is 9.40 Å². The van der Waals surface area contributed by atoms with Gasteiger partial charge in [0.2, 0.25) is 0 Å².